The molecule has 1 aromatic rings. The minimum Gasteiger partial charge on any atom is -0.361 e. The van der Waals surface area contributed by atoms with Crippen molar-refractivity contribution in [1.29, 1.82) is 0 Å². The molecule has 1 atom stereocenters. The van der Waals surface area contributed by atoms with Crippen molar-refractivity contribution in [3.63, 3.8) is 0 Å². The normalized spacial score (nSPS) is 12.8. The number of nitrogens with zero attached hydrogens (tertiary/aromatic N) is 1. The second-order valence-corrected chi connectivity index (χ2v) is 4.69. The fraction of sp³-hybridized carbons (Fsp3) is 0.700. The molecule has 0 saturated carbocycles. The van der Waals surface area contributed by atoms with Gasteiger partial charge in [-0.25, -0.2) is 4.98 Å². The van der Waals surface area contributed by atoms with Crippen LogP contribution >= 0.6 is 22.9 Å². The largest absolute Gasteiger partial charge is 0.361 e. The molecule has 0 amide bonds. The Bertz CT molecular complexity index is 262. The summed E-state index contributed by atoms with van der Waals surface area (Å²) in [5.41, 5.74) is 1.16. The monoisotopic (exact) mass is 232 g/mol. The number of aryl methyl sites for hydroxylation is 1. The zero-order valence-corrected chi connectivity index (χ0v) is 10.3. The lowest BCUT2D eigenvalue weighted by Gasteiger charge is -2.06. The Labute approximate surface area is 94.7 Å². The minimum atomic E-state index is 0.285. The summed E-state index contributed by atoms with van der Waals surface area (Å²) >= 11 is 7.68. The number of alkyl halides is 1. The molecule has 4 heteroatoms. The lowest BCUT2D eigenvalue weighted by Crippen LogP contribution is -2.07. The van der Waals surface area contributed by atoms with Crippen molar-refractivity contribution in [3.05, 3.63) is 11.1 Å². The van der Waals surface area contributed by atoms with Crippen LogP contribution in [0.4, 0.5) is 5.13 Å². The van der Waals surface area contributed by atoms with Gasteiger partial charge >= 0.3 is 0 Å². The molecule has 0 spiro atoms. The van der Waals surface area contributed by atoms with Crippen molar-refractivity contribution in [1.82, 2.24) is 4.98 Å². The van der Waals surface area contributed by atoms with E-state index in [-0.39, 0.29) is 5.38 Å². The average Bonchev–Trinajstić information content (AvgIpc) is 2.65. The molecule has 0 aliphatic rings. The number of anilines is 1. The van der Waals surface area contributed by atoms with Crippen LogP contribution < -0.4 is 5.32 Å². The standard InChI is InChI=1S/C10H17ClN2S/c1-3-8(11)5-6-12-10-13-9(4-2)7-14-10/h7-8H,3-6H2,1-2H3,(H,12,13). The van der Waals surface area contributed by atoms with E-state index < -0.39 is 0 Å². The maximum Gasteiger partial charge on any atom is 0.182 e. The van der Waals surface area contributed by atoms with Crippen LogP contribution in [-0.2, 0) is 6.42 Å². The zero-order chi connectivity index (χ0) is 10.4. The first kappa shape index (κ1) is 11.8. The van der Waals surface area contributed by atoms with E-state index >= 15 is 0 Å². The molecule has 1 rings (SSSR count). The summed E-state index contributed by atoms with van der Waals surface area (Å²) in [7, 11) is 0. The molecule has 80 valence electrons. The molecule has 14 heavy (non-hydrogen) atoms. The van der Waals surface area contributed by atoms with Gasteiger partial charge in [-0.15, -0.1) is 22.9 Å². The first-order valence-corrected chi connectivity index (χ1v) is 6.40. The van der Waals surface area contributed by atoms with E-state index in [4.69, 9.17) is 11.6 Å². The van der Waals surface area contributed by atoms with Crippen LogP contribution in [0.1, 0.15) is 32.4 Å². The molecule has 1 aromatic heterocycles. The second kappa shape index (κ2) is 6.25. The summed E-state index contributed by atoms with van der Waals surface area (Å²) in [6, 6.07) is 0. The predicted molar refractivity (Wildman–Crippen MR) is 64.5 cm³/mol. The second-order valence-electron chi connectivity index (χ2n) is 3.22. The maximum atomic E-state index is 6.01. The quantitative estimate of drug-likeness (QED) is 0.760. The first-order valence-electron chi connectivity index (χ1n) is 5.08. The van der Waals surface area contributed by atoms with Gasteiger partial charge in [-0.3, -0.25) is 0 Å². The Balaban J connectivity index is 2.24. The Morgan fingerprint density at radius 3 is 2.93 bits per heavy atom. The fourth-order valence-corrected chi connectivity index (χ4v) is 2.02. The molecule has 0 aliphatic carbocycles. The van der Waals surface area contributed by atoms with Gasteiger partial charge in [-0.05, 0) is 19.3 Å². The Morgan fingerprint density at radius 2 is 2.36 bits per heavy atom. The molecule has 0 aromatic carbocycles. The van der Waals surface area contributed by atoms with Crippen LogP contribution in [0.25, 0.3) is 0 Å². The Hall–Kier alpha value is -0.280. The number of rotatable bonds is 6. The molecule has 1 unspecified atom stereocenters. The van der Waals surface area contributed by atoms with Crippen LogP contribution in [0.5, 0.6) is 0 Å². The van der Waals surface area contributed by atoms with Crippen LogP contribution in [-0.4, -0.2) is 16.9 Å². The number of hydrogen-bond acceptors (Lipinski definition) is 3. The summed E-state index contributed by atoms with van der Waals surface area (Å²) in [6.07, 6.45) is 3.03. The van der Waals surface area contributed by atoms with Crippen molar-refractivity contribution in [2.45, 2.75) is 38.5 Å². The lowest BCUT2D eigenvalue weighted by molar-refractivity contribution is 0.753. The topological polar surface area (TPSA) is 24.9 Å². The van der Waals surface area contributed by atoms with E-state index in [0.29, 0.717) is 0 Å². The summed E-state index contributed by atoms with van der Waals surface area (Å²) in [4.78, 5) is 4.42. The van der Waals surface area contributed by atoms with E-state index in [1.165, 1.54) is 0 Å². The molecule has 0 radical (unpaired) electrons. The highest BCUT2D eigenvalue weighted by atomic mass is 35.5. The summed E-state index contributed by atoms with van der Waals surface area (Å²) in [5, 5.41) is 6.69. The minimum absolute atomic E-state index is 0.285. The Kier molecular flexibility index (Phi) is 5.26. The molecule has 0 aliphatic heterocycles. The third-order valence-corrected chi connectivity index (χ3v) is 3.47. The van der Waals surface area contributed by atoms with E-state index in [2.05, 4.69) is 29.5 Å². The molecule has 0 saturated heterocycles. The van der Waals surface area contributed by atoms with Crippen molar-refractivity contribution < 1.29 is 0 Å². The van der Waals surface area contributed by atoms with Gasteiger partial charge in [-0.1, -0.05) is 13.8 Å². The molecular formula is C10H17ClN2S. The van der Waals surface area contributed by atoms with Gasteiger partial charge in [0.05, 0.1) is 5.69 Å². The number of nitrogens with one attached hydrogen (secondary N) is 1. The Morgan fingerprint density at radius 1 is 1.57 bits per heavy atom. The molecule has 1 heterocycles. The van der Waals surface area contributed by atoms with Crippen LogP contribution in [0, 0.1) is 0 Å². The van der Waals surface area contributed by atoms with E-state index in [9.17, 15) is 0 Å². The van der Waals surface area contributed by atoms with Crippen LogP contribution in [0.2, 0.25) is 0 Å². The molecule has 1 N–H and O–H groups in total. The van der Waals surface area contributed by atoms with E-state index in [1.54, 1.807) is 11.3 Å². The SMILES string of the molecule is CCc1csc(NCCC(Cl)CC)n1. The van der Waals surface area contributed by atoms with Crippen molar-refractivity contribution >= 4 is 28.1 Å². The molecule has 2 nitrogen and oxygen atoms in total. The fourth-order valence-electron chi connectivity index (χ4n) is 1.09. The van der Waals surface area contributed by atoms with Gasteiger partial charge in [0, 0.05) is 17.3 Å². The van der Waals surface area contributed by atoms with Crippen molar-refractivity contribution in [2.75, 3.05) is 11.9 Å². The van der Waals surface area contributed by atoms with Gasteiger partial charge in [0.15, 0.2) is 5.13 Å². The third-order valence-electron chi connectivity index (χ3n) is 2.09. The molecule has 0 bridgehead atoms. The van der Waals surface area contributed by atoms with E-state index in [0.717, 1.165) is 36.6 Å². The highest BCUT2D eigenvalue weighted by Crippen LogP contribution is 2.16. The van der Waals surface area contributed by atoms with Gasteiger partial charge < -0.3 is 5.32 Å². The third kappa shape index (κ3) is 3.84. The number of aromatic nitrogens is 1. The number of halogens is 1. The van der Waals surface area contributed by atoms with Crippen LogP contribution in [0.3, 0.4) is 0 Å². The van der Waals surface area contributed by atoms with Crippen molar-refractivity contribution in [2.24, 2.45) is 0 Å². The molecular weight excluding hydrogens is 216 g/mol. The average molecular weight is 233 g/mol. The van der Waals surface area contributed by atoms with Gasteiger partial charge in [0.2, 0.25) is 0 Å². The summed E-state index contributed by atoms with van der Waals surface area (Å²) < 4.78 is 0. The van der Waals surface area contributed by atoms with Crippen molar-refractivity contribution in [3.8, 4) is 0 Å². The van der Waals surface area contributed by atoms with Gasteiger partial charge in [0.25, 0.3) is 0 Å². The lowest BCUT2D eigenvalue weighted by atomic mass is 10.2. The summed E-state index contributed by atoms with van der Waals surface area (Å²) in [6.45, 7) is 5.14. The predicted octanol–water partition coefficient (Wildman–Crippen LogP) is 3.52. The smallest absolute Gasteiger partial charge is 0.182 e. The summed E-state index contributed by atoms with van der Waals surface area (Å²) in [5.74, 6) is 0. The number of thiazole rings is 1. The van der Waals surface area contributed by atoms with E-state index in [1.807, 2.05) is 0 Å². The van der Waals surface area contributed by atoms with Crippen LogP contribution in [0.15, 0.2) is 5.38 Å². The highest BCUT2D eigenvalue weighted by molar-refractivity contribution is 7.13. The molecule has 0 fully saturated rings. The van der Waals surface area contributed by atoms with Gasteiger partial charge in [0.1, 0.15) is 0 Å². The highest BCUT2D eigenvalue weighted by Gasteiger charge is 2.02. The zero-order valence-electron chi connectivity index (χ0n) is 8.72. The first-order chi connectivity index (χ1) is 6.76. The van der Waals surface area contributed by atoms with Gasteiger partial charge in [-0.2, -0.15) is 0 Å². The maximum absolute atomic E-state index is 6.01. The number of hydrogen-bond donors (Lipinski definition) is 1.